The molecule has 1 heterocycles. The number of halogens is 2. The number of H-pyrrole nitrogens is 1. The highest BCUT2D eigenvalue weighted by atomic mass is 35.5. The molecule has 2 N–H and O–H groups in total. The zero-order valence-corrected chi connectivity index (χ0v) is 12.1. The van der Waals surface area contributed by atoms with Crippen LogP contribution in [0.1, 0.15) is 0 Å². The molecule has 20 heavy (non-hydrogen) atoms. The number of aromatic amines is 1. The molecule has 0 unspecified atom stereocenters. The van der Waals surface area contributed by atoms with Crippen LogP contribution in [-0.4, -0.2) is 17.1 Å². The third-order valence-electron chi connectivity index (χ3n) is 2.89. The Hall–Kier alpha value is -1.91. The van der Waals surface area contributed by atoms with E-state index in [4.69, 9.17) is 27.9 Å². The maximum absolute atomic E-state index is 6.13. The van der Waals surface area contributed by atoms with E-state index in [2.05, 4.69) is 15.3 Å². The van der Waals surface area contributed by atoms with Crippen molar-refractivity contribution in [2.45, 2.75) is 0 Å². The van der Waals surface area contributed by atoms with Crippen molar-refractivity contribution >= 4 is 45.9 Å². The Morgan fingerprint density at radius 3 is 2.85 bits per heavy atom. The summed E-state index contributed by atoms with van der Waals surface area (Å²) in [7, 11) is 1.63. The molecule has 0 saturated heterocycles. The summed E-state index contributed by atoms with van der Waals surface area (Å²) in [6, 6.07) is 11.0. The van der Waals surface area contributed by atoms with E-state index in [0.717, 1.165) is 16.8 Å². The van der Waals surface area contributed by atoms with Crippen LogP contribution in [0.2, 0.25) is 10.0 Å². The molecule has 0 aliphatic rings. The van der Waals surface area contributed by atoms with E-state index in [0.29, 0.717) is 21.7 Å². The van der Waals surface area contributed by atoms with Crippen LogP contribution in [0.5, 0.6) is 5.75 Å². The Bertz CT molecular complexity index is 770. The van der Waals surface area contributed by atoms with Gasteiger partial charge in [0, 0.05) is 6.07 Å². The second-order valence-electron chi connectivity index (χ2n) is 4.19. The van der Waals surface area contributed by atoms with E-state index in [1.807, 2.05) is 30.3 Å². The number of rotatable bonds is 3. The summed E-state index contributed by atoms with van der Waals surface area (Å²) in [5, 5.41) is 4.08. The maximum Gasteiger partial charge on any atom is 0.205 e. The van der Waals surface area contributed by atoms with Crippen molar-refractivity contribution in [2.24, 2.45) is 0 Å². The second kappa shape index (κ2) is 5.23. The quantitative estimate of drug-likeness (QED) is 0.742. The maximum atomic E-state index is 6.13. The number of benzene rings is 2. The number of hydrogen-bond donors (Lipinski definition) is 2. The molecule has 2 aromatic carbocycles. The van der Waals surface area contributed by atoms with Gasteiger partial charge in [0.05, 0.1) is 33.9 Å². The van der Waals surface area contributed by atoms with Crippen molar-refractivity contribution in [2.75, 3.05) is 12.4 Å². The van der Waals surface area contributed by atoms with Crippen LogP contribution >= 0.6 is 23.2 Å². The van der Waals surface area contributed by atoms with Crippen molar-refractivity contribution in [3.8, 4) is 5.75 Å². The molecule has 0 amide bonds. The lowest BCUT2D eigenvalue weighted by Gasteiger charge is -2.05. The van der Waals surface area contributed by atoms with Crippen LogP contribution in [0.15, 0.2) is 36.4 Å². The largest absolute Gasteiger partial charge is 0.497 e. The normalized spacial score (nSPS) is 10.8. The zero-order valence-electron chi connectivity index (χ0n) is 10.6. The number of anilines is 2. The molecule has 0 radical (unpaired) electrons. The summed E-state index contributed by atoms with van der Waals surface area (Å²) >= 11 is 12.1. The molecule has 102 valence electrons. The first-order valence-electron chi connectivity index (χ1n) is 5.92. The molecule has 3 aromatic rings. The summed E-state index contributed by atoms with van der Waals surface area (Å²) in [6.45, 7) is 0. The number of ether oxygens (including phenoxy) is 1. The molecule has 3 rings (SSSR count). The summed E-state index contributed by atoms with van der Waals surface area (Å²) in [5.41, 5.74) is 2.42. The number of hydrogen-bond acceptors (Lipinski definition) is 3. The first-order chi connectivity index (χ1) is 9.67. The van der Waals surface area contributed by atoms with Gasteiger partial charge in [-0.3, -0.25) is 0 Å². The fourth-order valence-corrected chi connectivity index (χ4v) is 2.25. The smallest absolute Gasteiger partial charge is 0.205 e. The number of nitrogens with one attached hydrogen (secondary N) is 2. The third kappa shape index (κ3) is 2.40. The Balaban J connectivity index is 1.96. The fourth-order valence-electron chi connectivity index (χ4n) is 1.90. The lowest BCUT2D eigenvalue weighted by atomic mass is 10.3. The van der Waals surface area contributed by atoms with Gasteiger partial charge < -0.3 is 15.0 Å². The molecule has 0 aliphatic heterocycles. The van der Waals surface area contributed by atoms with Gasteiger partial charge in [-0.25, -0.2) is 4.98 Å². The lowest BCUT2D eigenvalue weighted by Crippen LogP contribution is -1.93. The van der Waals surface area contributed by atoms with E-state index in [1.54, 1.807) is 13.2 Å². The van der Waals surface area contributed by atoms with Crippen molar-refractivity contribution in [1.29, 1.82) is 0 Å². The highest BCUT2D eigenvalue weighted by molar-refractivity contribution is 6.43. The highest BCUT2D eigenvalue weighted by Crippen LogP contribution is 2.31. The summed E-state index contributed by atoms with van der Waals surface area (Å²) in [4.78, 5) is 7.59. The summed E-state index contributed by atoms with van der Waals surface area (Å²) < 4.78 is 5.18. The van der Waals surface area contributed by atoms with Crippen molar-refractivity contribution in [3.05, 3.63) is 46.4 Å². The minimum Gasteiger partial charge on any atom is -0.497 e. The molecule has 0 aliphatic carbocycles. The number of aromatic nitrogens is 2. The highest BCUT2D eigenvalue weighted by Gasteiger charge is 2.08. The van der Waals surface area contributed by atoms with Gasteiger partial charge in [0.1, 0.15) is 5.75 Å². The fraction of sp³-hybridized carbons (Fsp3) is 0.0714. The number of fused-ring (bicyclic) bond motifs is 1. The third-order valence-corrected chi connectivity index (χ3v) is 3.71. The molecule has 4 nitrogen and oxygen atoms in total. The van der Waals surface area contributed by atoms with Crippen molar-refractivity contribution in [1.82, 2.24) is 9.97 Å². The molecule has 0 spiro atoms. The van der Waals surface area contributed by atoms with E-state index in [-0.39, 0.29) is 0 Å². The first-order valence-corrected chi connectivity index (χ1v) is 6.68. The first kappa shape index (κ1) is 13.1. The van der Waals surface area contributed by atoms with Gasteiger partial charge in [0.25, 0.3) is 0 Å². The van der Waals surface area contributed by atoms with Crippen molar-refractivity contribution in [3.63, 3.8) is 0 Å². The SMILES string of the molecule is COc1ccc2nc(Nc3cccc(Cl)c3Cl)[nH]c2c1. The number of nitrogens with zero attached hydrogens (tertiary/aromatic N) is 1. The van der Waals surface area contributed by atoms with Gasteiger partial charge in [-0.1, -0.05) is 29.3 Å². The van der Waals surface area contributed by atoms with Gasteiger partial charge in [-0.15, -0.1) is 0 Å². The van der Waals surface area contributed by atoms with E-state index >= 15 is 0 Å². The minimum absolute atomic E-state index is 0.465. The number of imidazole rings is 1. The molecule has 1 aromatic heterocycles. The molecule has 0 atom stereocenters. The lowest BCUT2D eigenvalue weighted by molar-refractivity contribution is 0.415. The van der Waals surface area contributed by atoms with Gasteiger partial charge in [0.2, 0.25) is 5.95 Å². The zero-order chi connectivity index (χ0) is 14.1. The second-order valence-corrected chi connectivity index (χ2v) is 4.98. The Labute approximate surface area is 125 Å². The monoisotopic (exact) mass is 307 g/mol. The van der Waals surface area contributed by atoms with Gasteiger partial charge >= 0.3 is 0 Å². The van der Waals surface area contributed by atoms with Gasteiger partial charge in [-0.05, 0) is 24.3 Å². The predicted molar refractivity (Wildman–Crippen MR) is 82.4 cm³/mol. The van der Waals surface area contributed by atoms with Crippen LogP contribution in [0.3, 0.4) is 0 Å². The summed E-state index contributed by atoms with van der Waals surface area (Å²) in [6.07, 6.45) is 0. The molecule has 6 heteroatoms. The predicted octanol–water partition coefficient (Wildman–Crippen LogP) is 4.62. The number of methoxy groups -OCH3 is 1. The Kier molecular flexibility index (Phi) is 3.42. The topological polar surface area (TPSA) is 49.9 Å². The molecule has 0 saturated carbocycles. The van der Waals surface area contributed by atoms with Crippen LogP contribution < -0.4 is 10.1 Å². The minimum atomic E-state index is 0.465. The van der Waals surface area contributed by atoms with Crippen LogP contribution in [0.4, 0.5) is 11.6 Å². The van der Waals surface area contributed by atoms with Crippen LogP contribution in [-0.2, 0) is 0 Å². The summed E-state index contributed by atoms with van der Waals surface area (Å²) in [5.74, 6) is 1.37. The average molecular weight is 308 g/mol. The van der Waals surface area contributed by atoms with E-state index in [1.165, 1.54) is 0 Å². The molecular weight excluding hydrogens is 297 g/mol. The average Bonchev–Trinajstić information content (AvgIpc) is 2.85. The van der Waals surface area contributed by atoms with Crippen LogP contribution in [0, 0.1) is 0 Å². The standard InChI is InChI=1S/C14H11Cl2N3O/c1-20-8-5-6-10-12(7-8)19-14(17-10)18-11-4-2-3-9(15)13(11)16/h2-7H,1H3,(H2,17,18,19). The van der Waals surface area contributed by atoms with Gasteiger partial charge in [-0.2, -0.15) is 0 Å². The Morgan fingerprint density at radius 2 is 2.05 bits per heavy atom. The molecule has 0 bridgehead atoms. The van der Waals surface area contributed by atoms with Crippen molar-refractivity contribution < 1.29 is 4.74 Å². The molecule has 0 fully saturated rings. The van der Waals surface area contributed by atoms with E-state index < -0.39 is 0 Å². The van der Waals surface area contributed by atoms with E-state index in [9.17, 15) is 0 Å². The molecular formula is C14H11Cl2N3O. The van der Waals surface area contributed by atoms with Gasteiger partial charge in [0.15, 0.2) is 0 Å². The Morgan fingerprint density at radius 1 is 1.20 bits per heavy atom. The van der Waals surface area contributed by atoms with Crippen LogP contribution in [0.25, 0.3) is 11.0 Å².